The first-order valence-corrected chi connectivity index (χ1v) is 9.47. The maximum Gasteiger partial charge on any atom is 0.168 e. The summed E-state index contributed by atoms with van der Waals surface area (Å²) in [5.74, 6) is 1.16. The highest BCUT2D eigenvalue weighted by molar-refractivity contribution is 6.16. The number of fused-ring (bicyclic) bond motifs is 1. The molecule has 4 nitrogen and oxygen atoms in total. The molecular formula is C21H18ClN3O. The van der Waals surface area contributed by atoms with E-state index in [0.29, 0.717) is 17.4 Å². The second kappa shape index (κ2) is 5.78. The number of rotatable bonds is 3. The normalized spacial score (nSPS) is 17.9. The van der Waals surface area contributed by atoms with Gasteiger partial charge in [-0.1, -0.05) is 18.2 Å². The SMILES string of the molecule is Nc1cccc2c1C(=O)C(Cc1ccc3nc(CCl)nc4c3c1CC4)C2. The van der Waals surface area contributed by atoms with Crippen LogP contribution in [0.1, 0.15) is 38.6 Å². The summed E-state index contributed by atoms with van der Waals surface area (Å²) in [6.45, 7) is 0. The Balaban J connectivity index is 1.53. The third-order valence-corrected chi connectivity index (χ3v) is 5.89. The topological polar surface area (TPSA) is 68.9 Å². The van der Waals surface area contributed by atoms with Crippen LogP contribution in [-0.4, -0.2) is 15.8 Å². The number of alkyl halides is 1. The highest BCUT2D eigenvalue weighted by Crippen LogP contribution is 2.36. The zero-order valence-corrected chi connectivity index (χ0v) is 15.0. The van der Waals surface area contributed by atoms with Crippen molar-refractivity contribution in [1.82, 2.24) is 9.97 Å². The molecule has 130 valence electrons. The van der Waals surface area contributed by atoms with Crippen molar-refractivity contribution in [1.29, 1.82) is 0 Å². The largest absolute Gasteiger partial charge is 0.398 e. The molecule has 1 unspecified atom stereocenters. The number of Topliss-reactive ketones (excluding diaryl/α,β-unsaturated/α-hetero) is 1. The van der Waals surface area contributed by atoms with E-state index >= 15 is 0 Å². The fourth-order valence-corrected chi connectivity index (χ4v) is 4.63. The number of benzene rings is 2. The molecule has 2 aliphatic carbocycles. The van der Waals surface area contributed by atoms with Crippen molar-refractivity contribution < 1.29 is 4.79 Å². The minimum atomic E-state index is -0.0320. The Morgan fingerprint density at radius 3 is 2.85 bits per heavy atom. The van der Waals surface area contributed by atoms with Crippen molar-refractivity contribution in [3.63, 3.8) is 0 Å². The summed E-state index contributed by atoms with van der Waals surface area (Å²) in [6.07, 6.45) is 3.39. The van der Waals surface area contributed by atoms with Gasteiger partial charge < -0.3 is 5.73 Å². The number of nitrogens with two attached hydrogens (primary N) is 1. The van der Waals surface area contributed by atoms with Gasteiger partial charge in [0.25, 0.3) is 0 Å². The number of aryl methyl sites for hydroxylation is 2. The van der Waals surface area contributed by atoms with Crippen molar-refractivity contribution in [3.8, 4) is 0 Å². The lowest BCUT2D eigenvalue weighted by atomic mass is 9.91. The summed E-state index contributed by atoms with van der Waals surface area (Å²) in [7, 11) is 0. The molecule has 0 bridgehead atoms. The average molecular weight is 364 g/mol. The predicted molar refractivity (Wildman–Crippen MR) is 103 cm³/mol. The van der Waals surface area contributed by atoms with Gasteiger partial charge in [0.1, 0.15) is 5.82 Å². The van der Waals surface area contributed by atoms with E-state index in [0.717, 1.165) is 48.0 Å². The van der Waals surface area contributed by atoms with Crippen LogP contribution in [0.3, 0.4) is 0 Å². The third-order valence-electron chi connectivity index (χ3n) is 5.65. The molecule has 5 rings (SSSR count). The number of anilines is 1. The summed E-state index contributed by atoms with van der Waals surface area (Å²) in [5.41, 5.74) is 13.0. The highest BCUT2D eigenvalue weighted by atomic mass is 35.5. The first-order chi connectivity index (χ1) is 12.7. The van der Waals surface area contributed by atoms with E-state index in [2.05, 4.69) is 16.0 Å². The average Bonchev–Trinajstić information content (AvgIpc) is 3.21. The van der Waals surface area contributed by atoms with Gasteiger partial charge in [-0.3, -0.25) is 4.79 Å². The lowest BCUT2D eigenvalue weighted by molar-refractivity contribution is 0.0937. The zero-order chi connectivity index (χ0) is 17.8. The van der Waals surface area contributed by atoms with Gasteiger partial charge in [-0.05, 0) is 54.5 Å². The fourth-order valence-electron chi connectivity index (χ4n) is 4.51. The van der Waals surface area contributed by atoms with Crippen molar-refractivity contribution in [2.45, 2.75) is 31.6 Å². The minimum absolute atomic E-state index is 0.0320. The van der Waals surface area contributed by atoms with Gasteiger partial charge in [0.2, 0.25) is 0 Å². The number of carbonyl (C=O) groups excluding carboxylic acids is 1. The number of hydrogen-bond acceptors (Lipinski definition) is 4. The van der Waals surface area contributed by atoms with Gasteiger partial charge in [-0.2, -0.15) is 0 Å². The van der Waals surface area contributed by atoms with Crippen molar-refractivity contribution in [3.05, 3.63) is 64.1 Å². The molecule has 0 aliphatic heterocycles. The Morgan fingerprint density at radius 2 is 2.04 bits per heavy atom. The quantitative estimate of drug-likeness (QED) is 0.569. The number of aromatic nitrogens is 2. The zero-order valence-electron chi connectivity index (χ0n) is 14.3. The molecule has 3 aromatic rings. The maximum atomic E-state index is 12.9. The molecule has 1 aromatic heterocycles. The van der Waals surface area contributed by atoms with Gasteiger partial charge in [-0.15, -0.1) is 11.6 Å². The number of nitrogen functional groups attached to an aromatic ring is 1. The number of nitrogens with zero attached hydrogens (tertiary/aromatic N) is 2. The Morgan fingerprint density at radius 1 is 1.15 bits per heavy atom. The van der Waals surface area contributed by atoms with E-state index in [1.807, 2.05) is 24.3 Å². The molecule has 0 saturated carbocycles. The number of hydrogen-bond donors (Lipinski definition) is 1. The lowest BCUT2D eigenvalue weighted by Gasteiger charge is -2.13. The molecule has 1 heterocycles. The van der Waals surface area contributed by atoms with Crippen LogP contribution in [0, 0.1) is 5.92 Å². The first kappa shape index (κ1) is 15.8. The Hall–Kier alpha value is -2.46. The van der Waals surface area contributed by atoms with Crippen LogP contribution in [0.4, 0.5) is 5.69 Å². The van der Waals surface area contributed by atoms with Crippen LogP contribution < -0.4 is 5.73 Å². The molecule has 0 spiro atoms. The number of halogens is 1. The molecule has 1 atom stereocenters. The molecule has 0 saturated heterocycles. The van der Waals surface area contributed by atoms with Crippen molar-refractivity contribution in [2.75, 3.05) is 5.73 Å². The van der Waals surface area contributed by atoms with E-state index in [4.69, 9.17) is 17.3 Å². The minimum Gasteiger partial charge on any atom is -0.398 e. The van der Waals surface area contributed by atoms with Crippen LogP contribution in [0.15, 0.2) is 30.3 Å². The van der Waals surface area contributed by atoms with Crippen LogP contribution in [-0.2, 0) is 31.6 Å². The highest BCUT2D eigenvalue weighted by Gasteiger charge is 2.33. The molecule has 26 heavy (non-hydrogen) atoms. The molecular weight excluding hydrogens is 346 g/mol. The molecule has 0 fully saturated rings. The van der Waals surface area contributed by atoms with Crippen molar-refractivity contribution >= 4 is 34.0 Å². The van der Waals surface area contributed by atoms with E-state index in [1.54, 1.807) is 0 Å². The van der Waals surface area contributed by atoms with E-state index in [-0.39, 0.29) is 11.7 Å². The molecule has 5 heteroatoms. The summed E-state index contributed by atoms with van der Waals surface area (Å²) >= 11 is 5.92. The second-order valence-corrected chi connectivity index (χ2v) is 7.44. The smallest absolute Gasteiger partial charge is 0.168 e. The summed E-state index contributed by atoms with van der Waals surface area (Å²) < 4.78 is 0. The second-order valence-electron chi connectivity index (χ2n) is 7.17. The van der Waals surface area contributed by atoms with Crippen molar-refractivity contribution in [2.24, 2.45) is 5.92 Å². The van der Waals surface area contributed by atoms with E-state index in [9.17, 15) is 4.79 Å². The lowest BCUT2D eigenvalue weighted by Crippen LogP contribution is -2.14. The van der Waals surface area contributed by atoms with Gasteiger partial charge in [0, 0.05) is 22.6 Å². The summed E-state index contributed by atoms with van der Waals surface area (Å²) in [4.78, 5) is 22.0. The standard InChI is InChI=1S/C21H18ClN3O/c22-10-18-24-16-6-4-11(14-5-7-17(25-18)20(14)16)8-13-9-12-2-1-3-15(23)19(12)21(13)26/h1-4,6,13H,5,7-10,23H2. The van der Waals surface area contributed by atoms with E-state index in [1.165, 1.54) is 16.5 Å². The molecule has 0 amide bonds. The van der Waals surface area contributed by atoms with Crippen LogP contribution in [0.2, 0.25) is 0 Å². The molecule has 2 aromatic carbocycles. The Bertz CT molecular complexity index is 1080. The fraction of sp³-hybridized carbons (Fsp3) is 0.286. The van der Waals surface area contributed by atoms with Crippen LogP contribution in [0.25, 0.3) is 10.9 Å². The van der Waals surface area contributed by atoms with Gasteiger partial charge in [0.05, 0.1) is 17.1 Å². The molecule has 2 N–H and O–H groups in total. The summed E-state index contributed by atoms with van der Waals surface area (Å²) in [6, 6.07) is 9.92. The van der Waals surface area contributed by atoms with Gasteiger partial charge >= 0.3 is 0 Å². The van der Waals surface area contributed by atoms with Crippen LogP contribution in [0.5, 0.6) is 0 Å². The number of carbonyl (C=O) groups is 1. The Labute approximate surface area is 156 Å². The molecule has 2 aliphatic rings. The summed E-state index contributed by atoms with van der Waals surface area (Å²) in [5, 5.41) is 1.17. The molecule has 0 radical (unpaired) electrons. The number of ketones is 1. The maximum absolute atomic E-state index is 12.9. The first-order valence-electron chi connectivity index (χ1n) is 8.93. The monoisotopic (exact) mass is 363 g/mol. The van der Waals surface area contributed by atoms with Gasteiger partial charge in [0.15, 0.2) is 5.78 Å². The predicted octanol–water partition coefficient (Wildman–Crippen LogP) is 3.65. The van der Waals surface area contributed by atoms with Crippen LogP contribution >= 0.6 is 11.6 Å². The third kappa shape index (κ3) is 2.25. The van der Waals surface area contributed by atoms with Gasteiger partial charge in [-0.25, -0.2) is 9.97 Å². The Kier molecular flexibility index (Phi) is 3.50. The van der Waals surface area contributed by atoms with E-state index < -0.39 is 0 Å².